The molecule has 4 fully saturated rings. The van der Waals surface area contributed by atoms with Gasteiger partial charge in [0.05, 0.1) is 25.4 Å². The zero-order valence-corrected chi connectivity index (χ0v) is 27.7. The standard InChI is InChI=1S/C9H19NO.C9H19N.2C8H16O/c1-9(2)3-4-10-5-7-11-8-6-10;1-9(2)5-8-10-6-3-4-7-10;2*1-7(2)6-8-4-3-5-9-8/h9H,3-8H2,1-2H3;9H,3-8H2,1-2H3;2*7-8H,3-6H2,1-2H3/t;;2*8-/m..10/s1. The van der Waals surface area contributed by atoms with Gasteiger partial charge in [-0.25, -0.2) is 0 Å². The van der Waals surface area contributed by atoms with Gasteiger partial charge in [0, 0.05) is 26.3 Å². The largest absolute Gasteiger partial charge is 0.379 e. The Kier molecular flexibility index (Phi) is 22.1. The molecule has 0 aromatic heterocycles. The number of ether oxygens (including phenoxy) is 3. The second-order valence-corrected chi connectivity index (χ2v) is 13.9. The summed E-state index contributed by atoms with van der Waals surface area (Å²) in [7, 11) is 0. The van der Waals surface area contributed by atoms with E-state index in [9.17, 15) is 0 Å². The summed E-state index contributed by atoms with van der Waals surface area (Å²) < 4.78 is 16.2. The number of morpholine rings is 1. The maximum atomic E-state index is 5.46. The molecule has 39 heavy (non-hydrogen) atoms. The number of hydrogen-bond acceptors (Lipinski definition) is 5. The molecule has 4 rings (SSSR count). The number of likely N-dealkylation sites (tertiary alicyclic amines) is 1. The smallest absolute Gasteiger partial charge is 0.0594 e. The topological polar surface area (TPSA) is 34.2 Å². The van der Waals surface area contributed by atoms with Crippen LogP contribution in [0.1, 0.15) is 120 Å². The lowest BCUT2D eigenvalue weighted by molar-refractivity contribution is 0.0360. The molecule has 0 unspecified atom stereocenters. The minimum Gasteiger partial charge on any atom is -0.379 e. The van der Waals surface area contributed by atoms with Crippen LogP contribution >= 0.6 is 0 Å². The molecule has 234 valence electrons. The first kappa shape index (κ1) is 36.8. The van der Waals surface area contributed by atoms with Gasteiger partial charge in [-0.2, -0.15) is 0 Å². The minimum atomic E-state index is 0.588. The monoisotopic (exact) mass is 555 g/mol. The first-order valence-corrected chi connectivity index (χ1v) is 16.9. The van der Waals surface area contributed by atoms with Gasteiger partial charge >= 0.3 is 0 Å². The SMILES string of the molecule is CC(C)CCN1CCCC1.CC(C)CCN1CCOCC1.CC(C)C[C@@H]1CCCO1.CC(C)C[C@H]1CCCO1. The van der Waals surface area contributed by atoms with Crippen molar-refractivity contribution in [1.82, 2.24) is 9.80 Å². The van der Waals surface area contributed by atoms with Gasteiger partial charge in [-0.1, -0.05) is 55.4 Å². The van der Waals surface area contributed by atoms with E-state index in [2.05, 4.69) is 65.2 Å². The van der Waals surface area contributed by atoms with Gasteiger partial charge in [-0.05, 0) is 114 Å². The van der Waals surface area contributed by atoms with Gasteiger partial charge in [0.2, 0.25) is 0 Å². The molecule has 4 saturated heterocycles. The van der Waals surface area contributed by atoms with Crippen LogP contribution in [-0.4, -0.2) is 87.7 Å². The van der Waals surface area contributed by atoms with Crippen molar-refractivity contribution in [3.05, 3.63) is 0 Å². The molecule has 0 N–H and O–H groups in total. The molecule has 5 nitrogen and oxygen atoms in total. The predicted molar refractivity (Wildman–Crippen MR) is 169 cm³/mol. The highest BCUT2D eigenvalue weighted by Crippen LogP contribution is 2.19. The summed E-state index contributed by atoms with van der Waals surface area (Å²) in [6.07, 6.45) is 14.4. The fourth-order valence-corrected chi connectivity index (χ4v) is 5.42. The van der Waals surface area contributed by atoms with Gasteiger partial charge in [0.1, 0.15) is 0 Å². The molecule has 0 radical (unpaired) electrons. The summed E-state index contributed by atoms with van der Waals surface area (Å²) in [5.74, 6) is 3.31. The normalized spacial score (nSPS) is 24.0. The molecule has 2 atom stereocenters. The molecular formula is C34H70N2O3. The molecule has 4 aliphatic rings. The average molecular weight is 555 g/mol. The van der Waals surface area contributed by atoms with E-state index >= 15 is 0 Å². The van der Waals surface area contributed by atoms with E-state index in [4.69, 9.17) is 14.2 Å². The van der Waals surface area contributed by atoms with Gasteiger partial charge < -0.3 is 19.1 Å². The fourth-order valence-electron chi connectivity index (χ4n) is 5.42. The van der Waals surface area contributed by atoms with Crippen molar-refractivity contribution >= 4 is 0 Å². The van der Waals surface area contributed by atoms with E-state index in [0.29, 0.717) is 12.2 Å². The molecule has 0 aliphatic carbocycles. The first-order chi connectivity index (χ1) is 18.7. The third-order valence-corrected chi connectivity index (χ3v) is 7.86. The van der Waals surface area contributed by atoms with Crippen LogP contribution in [0.25, 0.3) is 0 Å². The van der Waals surface area contributed by atoms with Gasteiger partial charge in [0.15, 0.2) is 0 Å². The Labute approximate surface area is 245 Å². The van der Waals surface area contributed by atoms with Crippen LogP contribution in [0.2, 0.25) is 0 Å². The maximum absolute atomic E-state index is 5.46. The van der Waals surface area contributed by atoms with Crippen molar-refractivity contribution in [2.24, 2.45) is 23.7 Å². The highest BCUT2D eigenvalue weighted by molar-refractivity contribution is 4.67. The Bertz CT molecular complexity index is 495. The van der Waals surface area contributed by atoms with E-state index in [-0.39, 0.29) is 0 Å². The minimum absolute atomic E-state index is 0.588. The molecule has 0 bridgehead atoms. The lowest BCUT2D eigenvalue weighted by Crippen LogP contribution is -2.37. The van der Waals surface area contributed by atoms with E-state index in [1.54, 1.807) is 0 Å². The Morgan fingerprint density at radius 1 is 0.513 bits per heavy atom. The van der Waals surface area contributed by atoms with Crippen LogP contribution in [0.4, 0.5) is 0 Å². The van der Waals surface area contributed by atoms with Crippen molar-refractivity contribution in [2.75, 3.05) is 65.7 Å². The highest BCUT2D eigenvalue weighted by Gasteiger charge is 2.17. The fraction of sp³-hybridized carbons (Fsp3) is 1.00. The predicted octanol–water partition coefficient (Wildman–Crippen LogP) is 7.92. The van der Waals surface area contributed by atoms with Crippen LogP contribution in [0.5, 0.6) is 0 Å². The third-order valence-electron chi connectivity index (χ3n) is 7.86. The zero-order valence-electron chi connectivity index (χ0n) is 27.7. The van der Waals surface area contributed by atoms with Gasteiger partial charge in [-0.3, -0.25) is 4.90 Å². The summed E-state index contributed by atoms with van der Waals surface area (Å²) >= 11 is 0. The third kappa shape index (κ3) is 22.1. The molecule has 0 spiro atoms. The van der Waals surface area contributed by atoms with Crippen LogP contribution < -0.4 is 0 Å². The van der Waals surface area contributed by atoms with Gasteiger partial charge in [0.25, 0.3) is 0 Å². The Morgan fingerprint density at radius 3 is 1.26 bits per heavy atom. The zero-order chi connectivity index (χ0) is 28.9. The second-order valence-electron chi connectivity index (χ2n) is 13.9. The van der Waals surface area contributed by atoms with Crippen molar-refractivity contribution in [3.63, 3.8) is 0 Å². The van der Waals surface area contributed by atoms with E-state index in [1.165, 1.54) is 90.4 Å². The van der Waals surface area contributed by atoms with Crippen molar-refractivity contribution < 1.29 is 14.2 Å². The quantitative estimate of drug-likeness (QED) is 0.274. The summed E-state index contributed by atoms with van der Waals surface area (Å²) in [6.45, 7) is 29.6. The van der Waals surface area contributed by atoms with Crippen LogP contribution in [0.15, 0.2) is 0 Å². The van der Waals surface area contributed by atoms with Crippen LogP contribution in [-0.2, 0) is 14.2 Å². The lowest BCUT2D eigenvalue weighted by Gasteiger charge is -2.26. The van der Waals surface area contributed by atoms with E-state index in [1.807, 2.05) is 0 Å². The van der Waals surface area contributed by atoms with E-state index < -0.39 is 0 Å². The molecule has 4 heterocycles. The molecule has 5 heteroatoms. The number of hydrogen-bond donors (Lipinski definition) is 0. The summed E-state index contributed by atoms with van der Waals surface area (Å²) in [5.41, 5.74) is 0. The summed E-state index contributed by atoms with van der Waals surface area (Å²) in [6, 6.07) is 0. The molecule has 0 saturated carbocycles. The summed E-state index contributed by atoms with van der Waals surface area (Å²) in [5, 5.41) is 0. The second kappa shape index (κ2) is 23.4. The number of nitrogens with zero attached hydrogens (tertiary/aromatic N) is 2. The maximum Gasteiger partial charge on any atom is 0.0594 e. The number of rotatable bonds is 10. The molecule has 0 amide bonds. The average Bonchev–Trinajstić information content (AvgIpc) is 3.67. The molecular weight excluding hydrogens is 484 g/mol. The van der Waals surface area contributed by atoms with Crippen molar-refractivity contribution in [1.29, 1.82) is 0 Å². The Hall–Kier alpha value is -0.200. The van der Waals surface area contributed by atoms with Crippen molar-refractivity contribution in [2.45, 2.75) is 132 Å². The first-order valence-electron chi connectivity index (χ1n) is 16.9. The summed E-state index contributed by atoms with van der Waals surface area (Å²) in [4.78, 5) is 5.07. The van der Waals surface area contributed by atoms with Crippen LogP contribution in [0, 0.1) is 23.7 Å². The van der Waals surface area contributed by atoms with Gasteiger partial charge in [-0.15, -0.1) is 0 Å². The Morgan fingerprint density at radius 2 is 0.923 bits per heavy atom. The van der Waals surface area contributed by atoms with E-state index in [0.717, 1.165) is 63.2 Å². The van der Waals surface area contributed by atoms with Crippen LogP contribution in [0.3, 0.4) is 0 Å². The molecule has 0 aromatic rings. The lowest BCUT2D eigenvalue weighted by atomic mass is 10.0. The van der Waals surface area contributed by atoms with Crippen molar-refractivity contribution in [3.8, 4) is 0 Å². The highest BCUT2D eigenvalue weighted by atomic mass is 16.5. The Balaban J connectivity index is 0.000000261. The molecule has 4 aliphatic heterocycles. The molecule has 0 aromatic carbocycles.